The molecule has 0 spiro atoms. The summed E-state index contributed by atoms with van der Waals surface area (Å²) in [6.45, 7) is 0. The highest BCUT2D eigenvalue weighted by molar-refractivity contribution is 6.06. The van der Waals surface area contributed by atoms with Gasteiger partial charge in [0, 0.05) is 16.8 Å². The number of nitriles is 1. The monoisotopic (exact) mass is 237 g/mol. The molecule has 0 aliphatic rings. The minimum absolute atomic E-state index is 0.202. The Labute approximate surface area is 102 Å². The predicted octanol–water partition coefficient (Wildman–Crippen LogP) is 2.66. The zero-order chi connectivity index (χ0) is 12.5. The van der Waals surface area contributed by atoms with Crippen molar-refractivity contribution in [2.75, 3.05) is 0 Å². The van der Waals surface area contributed by atoms with E-state index in [9.17, 15) is 0 Å². The lowest BCUT2D eigenvalue weighted by molar-refractivity contribution is 0.320. The Morgan fingerprint density at radius 2 is 2.11 bits per heavy atom. The van der Waals surface area contributed by atoms with Crippen molar-refractivity contribution in [3.63, 3.8) is 0 Å². The molecule has 0 bridgehead atoms. The van der Waals surface area contributed by atoms with Crippen LogP contribution in [-0.4, -0.2) is 16.4 Å². The second kappa shape index (κ2) is 3.86. The zero-order valence-electron chi connectivity index (χ0n) is 9.16. The van der Waals surface area contributed by atoms with Gasteiger partial charge >= 0.3 is 0 Å². The number of rotatable bonds is 1. The average Bonchev–Trinajstić information content (AvgIpc) is 2.81. The third-order valence-corrected chi connectivity index (χ3v) is 2.71. The van der Waals surface area contributed by atoms with Gasteiger partial charge in [-0.3, -0.25) is 0 Å². The lowest BCUT2D eigenvalue weighted by Gasteiger charge is -1.99. The van der Waals surface area contributed by atoms with Crippen LogP contribution in [0.15, 0.2) is 39.9 Å². The van der Waals surface area contributed by atoms with Crippen molar-refractivity contribution in [3.05, 3.63) is 41.8 Å². The number of hydrogen-bond donors (Lipinski definition) is 1. The van der Waals surface area contributed by atoms with Gasteiger partial charge in [0.05, 0.1) is 11.6 Å². The number of fused-ring (bicyclic) bond motifs is 3. The van der Waals surface area contributed by atoms with E-state index in [-0.39, 0.29) is 5.89 Å². The molecule has 0 atom stereocenters. The van der Waals surface area contributed by atoms with Crippen LogP contribution in [0.4, 0.5) is 0 Å². The zero-order valence-corrected chi connectivity index (χ0v) is 9.16. The normalized spacial score (nSPS) is 11.3. The molecule has 1 aromatic heterocycles. The van der Waals surface area contributed by atoms with E-state index >= 15 is 0 Å². The van der Waals surface area contributed by atoms with E-state index < -0.39 is 0 Å². The minimum Gasteiger partial charge on any atom is -0.435 e. The molecule has 0 unspecified atom stereocenters. The van der Waals surface area contributed by atoms with Crippen LogP contribution >= 0.6 is 0 Å². The number of hydrogen-bond acceptors (Lipinski definition) is 5. The Morgan fingerprint density at radius 1 is 1.33 bits per heavy atom. The highest BCUT2D eigenvalue weighted by Gasteiger charge is 2.11. The topological polar surface area (TPSA) is 82.4 Å². The summed E-state index contributed by atoms with van der Waals surface area (Å²) in [5.41, 5.74) is 1.68. The summed E-state index contributed by atoms with van der Waals surface area (Å²) in [6.07, 6.45) is 1.11. The molecule has 0 saturated carbocycles. The first-order chi connectivity index (χ1) is 8.83. The molecular weight excluding hydrogens is 230 g/mol. The highest BCUT2D eigenvalue weighted by Crippen LogP contribution is 2.28. The standard InChI is InChI=1S/C13H7N3O2/c14-6-8-5-11-13(16-12(18-11)7-15-17)10-4-2-1-3-9(8)10/h1-5,7,17H/b15-7+. The minimum atomic E-state index is 0.202. The molecule has 3 rings (SSSR count). The van der Waals surface area contributed by atoms with Crippen LogP contribution in [0.1, 0.15) is 11.5 Å². The number of nitrogens with zero attached hydrogens (tertiary/aromatic N) is 3. The largest absolute Gasteiger partial charge is 0.435 e. The van der Waals surface area contributed by atoms with E-state index in [1.807, 2.05) is 24.3 Å². The van der Waals surface area contributed by atoms with Gasteiger partial charge in [-0.15, -0.1) is 0 Å². The van der Waals surface area contributed by atoms with Crippen LogP contribution in [0.3, 0.4) is 0 Å². The van der Waals surface area contributed by atoms with E-state index in [0.717, 1.165) is 17.0 Å². The van der Waals surface area contributed by atoms with Gasteiger partial charge in [0.2, 0.25) is 5.89 Å². The molecule has 2 aromatic carbocycles. The van der Waals surface area contributed by atoms with Gasteiger partial charge in [0.1, 0.15) is 11.7 Å². The van der Waals surface area contributed by atoms with Crippen molar-refractivity contribution in [1.82, 2.24) is 4.98 Å². The van der Waals surface area contributed by atoms with Crippen molar-refractivity contribution < 1.29 is 9.62 Å². The van der Waals surface area contributed by atoms with Crippen LogP contribution in [0.5, 0.6) is 0 Å². The molecule has 1 N–H and O–H groups in total. The summed E-state index contributed by atoms with van der Waals surface area (Å²) < 4.78 is 5.39. The molecule has 3 aromatic rings. The van der Waals surface area contributed by atoms with E-state index in [1.165, 1.54) is 0 Å². The lowest BCUT2D eigenvalue weighted by atomic mass is 10.0. The molecule has 86 valence electrons. The molecule has 5 heteroatoms. The molecule has 0 aliphatic heterocycles. The molecule has 18 heavy (non-hydrogen) atoms. The average molecular weight is 237 g/mol. The molecule has 0 aliphatic carbocycles. The van der Waals surface area contributed by atoms with Gasteiger partial charge in [0.25, 0.3) is 0 Å². The predicted molar refractivity (Wildman–Crippen MR) is 65.6 cm³/mol. The fraction of sp³-hybridized carbons (Fsp3) is 0. The lowest BCUT2D eigenvalue weighted by Crippen LogP contribution is -1.82. The maximum atomic E-state index is 9.13. The van der Waals surface area contributed by atoms with Gasteiger partial charge in [0.15, 0.2) is 5.58 Å². The van der Waals surface area contributed by atoms with Crippen molar-refractivity contribution in [1.29, 1.82) is 5.26 Å². The van der Waals surface area contributed by atoms with Gasteiger partial charge in [-0.1, -0.05) is 29.4 Å². The Kier molecular flexibility index (Phi) is 2.21. The summed E-state index contributed by atoms with van der Waals surface area (Å²) >= 11 is 0. The molecule has 0 fully saturated rings. The number of benzene rings is 2. The van der Waals surface area contributed by atoms with Crippen molar-refractivity contribution in [2.45, 2.75) is 0 Å². The van der Waals surface area contributed by atoms with Gasteiger partial charge in [-0.25, -0.2) is 4.98 Å². The SMILES string of the molecule is N#Cc1cc2oc(/C=N/O)nc2c2ccccc12. The molecule has 0 amide bonds. The molecule has 0 saturated heterocycles. The quantitative estimate of drug-likeness (QED) is 0.400. The third kappa shape index (κ3) is 1.40. The van der Waals surface area contributed by atoms with Crippen molar-refractivity contribution in [2.24, 2.45) is 5.16 Å². The first-order valence-corrected chi connectivity index (χ1v) is 5.23. The molecule has 5 nitrogen and oxygen atoms in total. The third-order valence-electron chi connectivity index (χ3n) is 2.71. The summed E-state index contributed by atoms with van der Waals surface area (Å²) in [5, 5.41) is 22.1. The van der Waals surface area contributed by atoms with E-state index in [0.29, 0.717) is 16.7 Å². The van der Waals surface area contributed by atoms with Crippen LogP contribution in [-0.2, 0) is 0 Å². The fourth-order valence-electron chi connectivity index (χ4n) is 1.97. The number of oxime groups is 1. The van der Waals surface area contributed by atoms with E-state index in [2.05, 4.69) is 16.2 Å². The van der Waals surface area contributed by atoms with Crippen molar-refractivity contribution >= 4 is 28.1 Å². The Morgan fingerprint density at radius 3 is 2.83 bits per heavy atom. The van der Waals surface area contributed by atoms with Crippen LogP contribution in [0, 0.1) is 11.3 Å². The van der Waals surface area contributed by atoms with E-state index in [1.54, 1.807) is 6.07 Å². The first-order valence-electron chi connectivity index (χ1n) is 5.23. The van der Waals surface area contributed by atoms with Crippen LogP contribution in [0.2, 0.25) is 0 Å². The molecule has 0 radical (unpaired) electrons. The number of aromatic nitrogens is 1. The fourth-order valence-corrected chi connectivity index (χ4v) is 1.97. The van der Waals surface area contributed by atoms with Gasteiger partial charge < -0.3 is 9.62 Å². The summed E-state index contributed by atoms with van der Waals surface area (Å²) in [6, 6.07) is 11.2. The Hall–Kier alpha value is -2.87. The van der Waals surface area contributed by atoms with E-state index in [4.69, 9.17) is 14.9 Å². The van der Waals surface area contributed by atoms with Gasteiger partial charge in [-0.2, -0.15) is 5.26 Å². The first kappa shape index (κ1) is 10.3. The van der Waals surface area contributed by atoms with Crippen LogP contribution < -0.4 is 0 Å². The van der Waals surface area contributed by atoms with Gasteiger partial charge in [-0.05, 0) is 0 Å². The molecule has 1 heterocycles. The second-order valence-corrected chi connectivity index (χ2v) is 3.72. The number of oxazole rings is 1. The Balaban J connectivity index is 2.48. The van der Waals surface area contributed by atoms with Crippen molar-refractivity contribution in [3.8, 4) is 6.07 Å². The molecular formula is C13H7N3O2. The summed E-state index contributed by atoms with van der Waals surface area (Å²) in [7, 11) is 0. The maximum Gasteiger partial charge on any atom is 0.242 e. The summed E-state index contributed by atoms with van der Waals surface area (Å²) in [5.74, 6) is 0.202. The summed E-state index contributed by atoms with van der Waals surface area (Å²) in [4.78, 5) is 4.22. The Bertz CT molecular complexity index is 812. The smallest absolute Gasteiger partial charge is 0.242 e. The van der Waals surface area contributed by atoms with Crippen LogP contribution in [0.25, 0.3) is 21.9 Å². The second-order valence-electron chi connectivity index (χ2n) is 3.72. The highest BCUT2D eigenvalue weighted by atomic mass is 16.4. The maximum absolute atomic E-state index is 9.13.